The van der Waals surface area contributed by atoms with Gasteiger partial charge < -0.3 is 15.0 Å². The standard InChI is InChI=1S/C21H22F2N2O4/c1-3-6-21(2)7-8-25-11-14(17(26)18(27)16(25)19(21)28)20(29)24-10-12-4-5-13(22)9-15(12)23/h4-5,9,11,27H,3,6-8,10H2,1-2H3,(H,24,29)/t21-/m0/s1. The van der Waals surface area contributed by atoms with Crippen LogP contribution in [0.1, 0.15) is 59.5 Å². The van der Waals surface area contributed by atoms with Gasteiger partial charge in [0.15, 0.2) is 11.5 Å². The van der Waals surface area contributed by atoms with Crippen LogP contribution in [0.15, 0.2) is 29.2 Å². The van der Waals surface area contributed by atoms with Gasteiger partial charge in [-0.2, -0.15) is 0 Å². The minimum Gasteiger partial charge on any atom is -0.503 e. The molecule has 0 unspecified atom stereocenters. The average molecular weight is 404 g/mol. The zero-order valence-electron chi connectivity index (χ0n) is 16.2. The van der Waals surface area contributed by atoms with Crippen molar-refractivity contribution < 1.29 is 23.5 Å². The second kappa shape index (κ2) is 7.77. The van der Waals surface area contributed by atoms with Crippen LogP contribution in [0.4, 0.5) is 8.78 Å². The van der Waals surface area contributed by atoms with Crippen LogP contribution in [-0.4, -0.2) is 21.4 Å². The van der Waals surface area contributed by atoms with Crippen molar-refractivity contribution >= 4 is 11.7 Å². The maximum absolute atomic E-state index is 13.7. The third kappa shape index (κ3) is 3.79. The number of rotatable bonds is 5. The number of amides is 1. The number of hydrogen-bond acceptors (Lipinski definition) is 4. The number of ketones is 1. The summed E-state index contributed by atoms with van der Waals surface area (Å²) >= 11 is 0. The van der Waals surface area contributed by atoms with Crippen LogP contribution >= 0.6 is 0 Å². The lowest BCUT2D eigenvalue weighted by atomic mass is 9.74. The van der Waals surface area contributed by atoms with E-state index in [9.17, 15) is 28.3 Å². The van der Waals surface area contributed by atoms with Gasteiger partial charge in [0.2, 0.25) is 5.43 Å². The smallest absolute Gasteiger partial charge is 0.257 e. The summed E-state index contributed by atoms with van der Waals surface area (Å²) in [6, 6.07) is 2.94. The molecule has 0 radical (unpaired) electrons. The highest BCUT2D eigenvalue weighted by Gasteiger charge is 2.40. The Hall–Kier alpha value is -3.03. The highest BCUT2D eigenvalue weighted by Crippen LogP contribution is 2.38. The van der Waals surface area contributed by atoms with E-state index in [-0.39, 0.29) is 29.1 Å². The molecule has 0 spiro atoms. The molecule has 0 aliphatic carbocycles. The first-order valence-electron chi connectivity index (χ1n) is 9.41. The first kappa shape index (κ1) is 20.7. The summed E-state index contributed by atoms with van der Waals surface area (Å²) in [4.78, 5) is 37.8. The summed E-state index contributed by atoms with van der Waals surface area (Å²) in [6.07, 6.45) is 3.19. The normalized spacial score (nSPS) is 18.4. The number of aromatic nitrogens is 1. The second-order valence-electron chi connectivity index (χ2n) is 7.57. The molecule has 0 saturated heterocycles. The summed E-state index contributed by atoms with van der Waals surface area (Å²) in [5.41, 5.74) is -2.00. The van der Waals surface area contributed by atoms with E-state index in [1.54, 1.807) is 0 Å². The molecule has 0 bridgehead atoms. The van der Waals surface area contributed by atoms with Crippen molar-refractivity contribution in [2.45, 2.75) is 46.2 Å². The fourth-order valence-corrected chi connectivity index (χ4v) is 3.72. The van der Waals surface area contributed by atoms with Crippen LogP contribution < -0.4 is 10.7 Å². The molecule has 0 saturated carbocycles. The Balaban J connectivity index is 1.88. The van der Waals surface area contributed by atoms with E-state index in [4.69, 9.17) is 0 Å². The fourth-order valence-electron chi connectivity index (χ4n) is 3.72. The van der Waals surface area contributed by atoms with Crippen molar-refractivity contribution in [1.82, 2.24) is 9.88 Å². The van der Waals surface area contributed by atoms with Crippen LogP contribution in [0.5, 0.6) is 5.75 Å². The SMILES string of the molecule is CCC[C@@]1(C)CCn2cc(C(=O)NCc3ccc(F)cc3F)c(=O)c(O)c2C1=O. The Labute approximate surface area is 166 Å². The van der Waals surface area contributed by atoms with Gasteiger partial charge in [0.1, 0.15) is 22.9 Å². The predicted molar refractivity (Wildman–Crippen MR) is 102 cm³/mol. The van der Waals surface area contributed by atoms with E-state index < -0.39 is 34.1 Å². The number of pyridine rings is 1. The second-order valence-corrected chi connectivity index (χ2v) is 7.57. The molecule has 154 valence electrons. The Morgan fingerprint density at radius 1 is 1.31 bits per heavy atom. The molecule has 2 heterocycles. The molecule has 6 nitrogen and oxygen atoms in total. The van der Waals surface area contributed by atoms with Crippen molar-refractivity contribution in [2.24, 2.45) is 5.41 Å². The molecule has 0 fully saturated rings. The number of hydrogen-bond donors (Lipinski definition) is 2. The Morgan fingerprint density at radius 3 is 2.69 bits per heavy atom. The van der Waals surface area contributed by atoms with Gasteiger partial charge in [0.05, 0.1) is 0 Å². The quantitative estimate of drug-likeness (QED) is 0.801. The first-order chi connectivity index (χ1) is 13.7. The van der Waals surface area contributed by atoms with Gasteiger partial charge in [-0.15, -0.1) is 0 Å². The van der Waals surface area contributed by atoms with Crippen LogP contribution in [0.2, 0.25) is 0 Å². The topological polar surface area (TPSA) is 88.4 Å². The molecular weight excluding hydrogens is 382 g/mol. The average Bonchev–Trinajstić information content (AvgIpc) is 2.67. The summed E-state index contributed by atoms with van der Waals surface area (Å²) in [5, 5.41) is 12.8. The molecule has 1 aromatic heterocycles. The molecule has 1 aliphatic rings. The largest absolute Gasteiger partial charge is 0.503 e. The third-order valence-corrected chi connectivity index (χ3v) is 5.42. The van der Waals surface area contributed by atoms with Gasteiger partial charge in [-0.05, 0) is 18.9 Å². The summed E-state index contributed by atoms with van der Waals surface area (Å²) in [5.74, 6) is -3.46. The molecule has 2 N–H and O–H groups in total. The lowest BCUT2D eigenvalue weighted by Crippen LogP contribution is -2.39. The molecule has 1 aromatic carbocycles. The lowest BCUT2D eigenvalue weighted by Gasteiger charge is -2.34. The number of carbonyl (C=O) groups is 2. The summed E-state index contributed by atoms with van der Waals surface area (Å²) in [6.45, 7) is 3.88. The van der Waals surface area contributed by atoms with Crippen molar-refractivity contribution in [3.8, 4) is 5.75 Å². The van der Waals surface area contributed by atoms with E-state index in [0.29, 0.717) is 25.5 Å². The lowest BCUT2D eigenvalue weighted by molar-refractivity contribution is 0.0722. The minimum absolute atomic E-state index is 0.0487. The van der Waals surface area contributed by atoms with Crippen molar-refractivity contribution in [3.05, 3.63) is 63.1 Å². The van der Waals surface area contributed by atoms with E-state index in [2.05, 4.69) is 5.32 Å². The molecule has 29 heavy (non-hydrogen) atoms. The number of nitrogens with one attached hydrogen (secondary N) is 1. The Kier molecular flexibility index (Phi) is 5.55. The summed E-state index contributed by atoms with van der Waals surface area (Å²) < 4.78 is 28.1. The van der Waals surface area contributed by atoms with Gasteiger partial charge >= 0.3 is 0 Å². The van der Waals surface area contributed by atoms with Gasteiger partial charge in [0.25, 0.3) is 5.91 Å². The number of halogens is 2. The molecule has 2 aromatic rings. The van der Waals surface area contributed by atoms with Crippen molar-refractivity contribution in [1.29, 1.82) is 0 Å². The molecule has 8 heteroatoms. The third-order valence-electron chi connectivity index (χ3n) is 5.42. The van der Waals surface area contributed by atoms with Gasteiger partial charge in [-0.1, -0.05) is 26.3 Å². The summed E-state index contributed by atoms with van der Waals surface area (Å²) in [7, 11) is 0. The number of benzene rings is 1. The number of aryl methyl sites for hydroxylation is 1. The maximum atomic E-state index is 13.7. The van der Waals surface area contributed by atoms with E-state index >= 15 is 0 Å². The van der Waals surface area contributed by atoms with E-state index in [0.717, 1.165) is 12.5 Å². The van der Waals surface area contributed by atoms with Crippen LogP contribution in [0.25, 0.3) is 0 Å². The van der Waals surface area contributed by atoms with Gasteiger partial charge in [-0.3, -0.25) is 14.4 Å². The molecule has 3 rings (SSSR count). The molecule has 1 atom stereocenters. The van der Waals surface area contributed by atoms with E-state index in [1.165, 1.54) is 16.8 Å². The Morgan fingerprint density at radius 2 is 2.03 bits per heavy atom. The maximum Gasteiger partial charge on any atom is 0.257 e. The monoisotopic (exact) mass is 404 g/mol. The number of aromatic hydroxyl groups is 1. The molecule has 1 amide bonds. The highest BCUT2D eigenvalue weighted by molar-refractivity contribution is 6.03. The van der Waals surface area contributed by atoms with Crippen molar-refractivity contribution in [2.75, 3.05) is 0 Å². The van der Waals surface area contributed by atoms with Crippen LogP contribution in [-0.2, 0) is 13.1 Å². The highest BCUT2D eigenvalue weighted by atomic mass is 19.1. The van der Waals surface area contributed by atoms with E-state index in [1.807, 2.05) is 13.8 Å². The van der Waals surface area contributed by atoms with Gasteiger partial charge in [0, 0.05) is 36.3 Å². The number of Topliss-reactive ketones (excluding diaryl/α,β-unsaturated/α-hetero) is 1. The number of nitrogens with zero attached hydrogens (tertiary/aromatic N) is 1. The fraction of sp³-hybridized carbons (Fsp3) is 0.381. The first-order valence-corrected chi connectivity index (χ1v) is 9.41. The molecule has 1 aliphatic heterocycles. The molecular formula is C21H22F2N2O4. The number of fused-ring (bicyclic) bond motifs is 1. The van der Waals surface area contributed by atoms with Crippen molar-refractivity contribution in [3.63, 3.8) is 0 Å². The minimum atomic E-state index is -0.956. The van der Waals surface area contributed by atoms with Crippen LogP contribution in [0.3, 0.4) is 0 Å². The predicted octanol–water partition coefficient (Wildman–Crippen LogP) is 3.15. The van der Waals surface area contributed by atoms with Gasteiger partial charge in [-0.25, -0.2) is 8.78 Å². The zero-order valence-corrected chi connectivity index (χ0v) is 16.2. The Bertz CT molecular complexity index is 1050. The van der Waals surface area contributed by atoms with Crippen LogP contribution in [0, 0.1) is 17.0 Å². The zero-order chi connectivity index (χ0) is 21.3. The number of carbonyl (C=O) groups excluding carboxylic acids is 2.